The minimum atomic E-state index is -3.26. The van der Waals surface area contributed by atoms with Crippen molar-refractivity contribution in [3.8, 4) is 0 Å². The van der Waals surface area contributed by atoms with Crippen molar-refractivity contribution in [2.75, 3.05) is 24.1 Å². The van der Waals surface area contributed by atoms with E-state index in [1.54, 1.807) is 7.05 Å². The maximum Gasteiger partial charge on any atom is 0.234 e. The van der Waals surface area contributed by atoms with E-state index in [0.29, 0.717) is 24.0 Å². The van der Waals surface area contributed by atoms with Gasteiger partial charge in [-0.2, -0.15) is 0 Å². The minimum absolute atomic E-state index is 0.116. The summed E-state index contributed by atoms with van der Waals surface area (Å²) in [5.74, 6) is 0.429. The van der Waals surface area contributed by atoms with Crippen LogP contribution in [0.1, 0.15) is 31.9 Å². The van der Waals surface area contributed by atoms with Gasteiger partial charge in [0.25, 0.3) is 0 Å². The van der Waals surface area contributed by atoms with Gasteiger partial charge in [-0.05, 0) is 25.9 Å². The molecule has 1 aromatic rings. The van der Waals surface area contributed by atoms with Crippen molar-refractivity contribution in [1.29, 1.82) is 0 Å². The topological polar surface area (TPSA) is 71.1 Å². The SMILES string of the molecule is CNCCCS(=O)(=O)Nc1nc(C(C)C)cs1. The van der Waals surface area contributed by atoms with Crippen LogP contribution in [0.2, 0.25) is 0 Å². The largest absolute Gasteiger partial charge is 0.320 e. The van der Waals surface area contributed by atoms with Gasteiger partial charge in [-0.3, -0.25) is 4.72 Å². The Bertz CT molecular complexity index is 440. The van der Waals surface area contributed by atoms with Gasteiger partial charge in [-0.1, -0.05) is 13.8 Å². The fourth-order valence-corrected chi connectivity index (χ4v) is 3.45. The molecule has 0 spiro atoms. The minimum Gasteiger partial charge on any atom is -0.320 e. The van der Waals surface area contributed by atoms with Gasteiger partial charge in [0.1, 0.15) is 0 Å². The lowest BCUT2D eigenvalue weighted by molar-refractivity contribution is 0.597. The van der Waals surface area contributed by atoms with Crippen molar-refractivity contribution in [2.24, 2.45) is 0 Å². The molecule has 0 saturated heterocycles. The second-order valence-corrected chi connectivity index (χ2v) is 6.81. The smallest absolute Gasteiger partial charge is 0.234 e. The number of nitrogens with zero attached hydrogens (tertiary/aromatic N) is 1. The van der Waals surface area contributed by atoms with E-state index in [1.165, 1.54) is 11.3 Å². The molecule has 0 aromatic carbocycles. The molecule has 98 valence electrons. The second kappa shape index (κ2) is 6.32. The lowest BCUT2D eigenvalue weighted by Gasteiger charge is -2.04. The average Bonchev–Trinajstić information content (AvgIpc) is 2.65. The molecule has 5 nitrogen and oxygen atoms in total. The molecule has 0 radical (unpaired) electrons. The average molecular weight is 277 g/mol. The highest BCUT2D eigenvalue weighted by Crippen LogP contribution is 2.22. The van der Waals surface area contributed by atoms with Crippen molar-refractivity contribution >= 4 is 26.5 Å². The Labute approximate surface area is 107 Å². The highest BCUT2D eigenvalue weighted by molar-refractivity contribution is 7.92. The molecule has 0 aliphatic carbocycles. The van der Waals surface area contributed by atoms with E-state index in [2.05, 4.69) is 15.0 Å². The predicted octanol–water partition coefficient (Wildman–Crippen LogP) is 1.62. The number of nitrogens with one attached hydrogen (secondary N) is 2. The first-order valence-corrected chi connectivity index (χ1v) is 8.08. The Morgan fingerprint density at radius 3 is 2.71 bits per heavy atom. The first-order chi connectivity index (χ1) is 7.94. The fourth-order valence-electron chi connectivity index (χ4n) is 1.22. The monoisotopic (exact) mass is 277 g/mol. The Kier molecular flexibility index (Phi) is 5.35. The predicted molar refractivity (Wildman–Crippen MR) is 72.2 cm³/mol. The van der Waals surface area contributed by atoms with Gasteiger partial charge >= 0.3 is 0 Å². The molecule has 0 bridgehead atoms. The molecule has 2 N–H and O–H groups in total. The summed E-state index contributed by atoms with van der Waals surface area (Å²) in [5, 5.41) is 5.26. The molecule has 1 rings (SSSR count). The number of aromatic nitrogens is 1. The van der Waals surface area contributed by atoms with Crippen LogP contribution in [0.15, 0.2) is 5.38 Å². The van der Waals surface area contributed by atoms with E-state index in [0.717, 1.165) is 5.69 Å². The molecule has 0 saturated carbocycles. The first kappa shape index (κ1) is 14.4. The van der Waals surface area contributed by atoms with Crippen molar-refractivity contribution in [1.82, 2.24) is 10.3 Å². The lowest BCUT2D eigenvalue weighted by Crippen LogP contribution is -2.20. The van der Waals surface area contributed by atoms with Crippen LogP contribution in [0, 0.1) is 0 Å². The Balaban J connectivity index is 2.57. The zero-order chi connectivity index (χ0) is 12.9. The molecule has 0 unspecified atom stereocenters. The number of hydrogen-bond acceptors (Lipinski definition) is 5. The van der Waals surface area contributed by atoms with Crippen LogP contribution in [-0.2, 0) is 10.0 Å². The Hall–Kier alpha value is -0.660. The Morgan fingerprint density at radius 2 is 2.18 bits per heavy atom. The van der Waals surface area contributed by atoms with E-state index < -0.39 is 10.0 Å². The summed E-state index contributed by atoms with van der Waals surface area (Å²) in [6.45, 7) is 4.75. The van der Waals surface area contributed by atoms with Gasteiger partial charge < -0.3 is 5.32 Å². The quantitative estimate of drug-likeness (QED) is 0.743. The summed E-state index contributed by atoms with van der Waals surface area (Å²) in [6.07, 6.45) is 0.592. The summed E-state index contributed by atoms with van der Waals surface area (Å²) >= 11 is 1.33. The van der Waals surface area contributed by atoms with Gasteiger partial charge in [0.05, 0.1) is 11.4 Å². The third-order valence-corrected chi connectivity index (χ3v) is 4.43. The molecule has 1 heterocycles. The summed E-state index contributed by atoms with van der Waals surface area (Å²) in [7, 11) is -1.46. The normalized spacial score (nSPS) is 12.0. The summed E-state index contributed by atoms with van der Waals surface area (Å²) in [5.41, 5.74) is 0.919. The van der Waals surface area contributed by atoms with Crippen LogP contribution in [-0.4, -0.2) is 32.7 Å². The van der Waals surface area contributed by atoms with Crippen LogP contribution in [0.5, 0.6) is 0 Å². The number of thiazole rings is 1. The van der Waals surface area contributed by atoms with E-state index >= 15 is 0 Å². The van der Waals surface area contributed by atoms with Gasteiger partial charge in [-0.15, -0.1) is 11.3 Å². The van der Waals surface area contributed by atoms with Gasteiger partial charge in [0, 0.05) is 5.38 Å². The molecule has 7 heteroatoms. The highest BCUT2D eigenvalue weighted by Gasteiger charge is 2.13. The van der Waals surface area contributed by atoms with Gasteiger partial charge in [-0.25, -0.2) is 13.4 Å². The summed E-state index contributed by atoms with van der Waals surface area (Å²) in [4.78, 5) is 4.24. The van der Waals surface area contributed by atoms with Crippen molar-refractivity contribution < 1.29 is 8.42 Å². The second-order valence-electron chi connectivity index (χ2n) is 4.11. The molecule has 1 aromatic heterocycles. The lowest BCUT2D eigenvalue weighted by atomic mass is 10.2. The van der Waals surface area contributed by atoms with Crippen molar-refractivity contribution in [3.05, 3.63) is 11.1 Å². The molecule has 0 fully saturated rings. The molecule has 0 aliphatic heterocycles. The third kappa shape index (κ3) is 5.01. The van der Waals surface area contributed by atoms with Crippen LogP contribution in [0.25, 0.3) is 0 Å². The van der Waals surface area contributed by atoms with Crippen LogP contribution >= 0.6 is 11.3 Å². The number of rotatable bonds is 7. The summed E-state index contributed by atoms with van der Waals surface area (Å²) < 4.78 is 25.9. The standard InChI is InChI=1S/C10H19N3O2S2/c1-8(2)9-7-16-10(12-9)13-17(14,15)6-4-5-11-3/h7-8,11H,4-6H2,1-3H3,(H,12,13). The maximum absolute atomic E-state index is 11.7. The first-order valence-electron chi connectivity index (χ1n) is 5.55. The molecular formula is C10H19N3O2S2. The molecule has 17 heavy (non-hydrogen) atoms. The van der Waals surface area contributed by atoms with Gasteiger partial charge in [0.2, 0.25) is 10.0 Å². The van der Waals surface area contributed by atoms with Gasteiger partial charge in [0.15, 0.2) is 5.13 Å². The van der Waals surface area contributed by atoms with Crippen LogP contribution in [0.3, 0.4) is 0 Å². The van der Waals surface area contributed by atoms with E-state index in [9.17, 15) is 8.42 Å². The van der Waals surface area contributed by atoms with Crippen molar-refractivity contribution in [2.45, 2.75) is 26.2 Å². The zero-order valence-electron chi connectivity index (χ0n) is 10.4. The number of sulfonamides is 1. The van der Waals surface area contributed by atoms with Crippen LogP contribution in [0.4, 0.5) is 5.13 Å². The van der Waals surface area contributed by atoms with Crippen molar-refractivity contribution in [3.63, 3.8) is 0 Å². The van der Waals surface area contributed by atoms with E-state index in [4.69, 9.17) is 0 Å². The third-order valence-electron chi connectivity index (χ3n) is 2.20. The summed E-state index contributed by atoms with van der Waals surface area (Å²) in [6, 6.07) is 0. The number of hydrogen-bond donors (Lipinski definition) is 2. The van der Waals surface area contributed by atoms with E-state index in [-0.39, 0.29) is 5.75 Å². The molecular weight excluding hydrogens is 258 g/mol. The highest BCUT2D eigenvalue weighted by atomic mass is 32.2. The van der Waals surface area contributed by atoms with Crippen LogP contribution < -0.4 is 10.0 Å². The Morgan fingerprint density at radius 1 is 1.47 bits per heavy atom. The fraction of sp³-hybridized carbons (Fsp3) is 0.700. The maximum atomic E-state index is 11.7. The van der Waals surface area contributed by atoms with E-state index in [1.807, 2.05) is 19.2 Å². The molecule has 0 atom stereocenters. The molecule has 0 amide bonds. The number of anilines is 1. The zero-order valence-corrected chi connectivity index (χ0v) is 12.0. The molecule has 0 aliphatic rings.